The Balaban J connectivity index is 3.18. The molecule has 2 heteroatoms. The van der Waals surface area contributed by atoms with E-state index in [0.717, 1.165) is 11.3 Å². The predicted molar refractivity (Wildman–Crippen MR) is 38.2 cm³/mol. The van der Waals surface area contributed by atoms with Crippen LogP contribution in [0.15, 0.2) is 0 Å². The lowest BCUT2D eigenvalue weighted by atomic mass is 10.2. The lowest BCUT2D eigenvalue weighted by Crippen LogP contribution is -1.93. The predicted octanol–water partition coefficient (Wildman–Crippen LogP) is 1.75. The lowest BCUT2D eigenvalue weighted by Gasteiger charge is -1.89. The first-order chi connectivity index (χ1) is 3.63. The molecule has 1 nitrogen and oxygen atoms in total. The van der Waals surface area contributed by atoms with Crippen LogP contribution in [-0.4, -0.2) is 10.6 Å². The molecule has 0 saturated heterocycles. The van der Waals surface area contributed by atoms with E-state index in [1.54, 1.807) is 6.92 Å². The molecule has 0 N–H and O–H groups in total. The maximum atomic E-state index is 10.3. The SMILES string of the molecule is CC(=O)CCC(C)=S. The van der Waals surface area contributed by atoms with Crippen LogP contribution in [0, 0.1) is 0 Å². The molecule has 0 aromatic heterocycles. The Kier molecular flexibility index (Phi) is 3.61. The third kappa shape index (κ3) is 5.76. The van der Waals surface area contributed by atoms with Gasteiger partial charge in [-0.2, -0.15) is 0 Å². The van der Waals surface area contributed by atoms with E-state index in [4.69, 9.17) is 12.2 Å². The van der Waals surface area contributed by atoms with Crippen molar-refractivity contribution < 1.29 is 4.79 Å². The van der Waals surface area contributed by atoms with Crippen LogP contribution in [0.3, 0.4) is 0 Å². The highest BCUT2D eigenvalue weighted by molar-refractivity contribution is 7.80. The van der Waals surface area contributed by atoms with Crippen LogP contribution in [0.2, 0.25) is 0 Å². The van der Waals surface area contributed by atoms with Crippen LogP contribution in [0.1, 0.15) is 26.7 Å². The summed E-state index contributed by atoms with van der Waals surface area (Å²) in [5.41, 5.74) is 0. The van der Waals surface area contributed by atoms with Gasteiger partial charge >= 0.3 is 0 Å². The van der Waals surface area contributed by atoms with Gasteiger partial charge in [-0.05, 0) is 25.1 Å². The number of hydrogen-bond donors (Lipinski definition) is 0. The van der Waals surface area contributed by atoms with Gasteiger partial charge in [0.1, 0.15) is 5.78 Å². The van der Waals surface area contributed by atoms with Crippen molar-refractivity contribution in [2.75, 3.05) is 0 Å². The van der Waals surface area contributed by atoms with Crippen LogP contribution in [0.4, 0.5) is 0 Å². The molecule has 46 valence electrons. The topological polar surface area (TPSA) is 17.1 Å². The van der Waals surface area contributed by atoms with Crippen molar-refractivity contribution in [3.8, 4) is 0 Å². The number of thiocarbonyl (C=S) groups is 1. The quantitative estimate of drug-likeness (QED) is 0.541. The summed E-state index contributed by atoms with van der Waals surface area (Å²) in [4.78, 5) is 11.2. The number of hydrogen-bond acceptors (Lipinski definition) is 2. The number of carbonyl (C=O) groups excluding carboxylic acids is 1. The zero-order valence-electron chi connectivity index (χ0n) is 5.23. The molecule has 0 amide bonds. The summed E-state index contributed by atoms with van der Waals surface area (Å²) in [5.74, 6) is 0.217. The smallest absolute Gasteiger partial charge is 0.130 e. The average molecular weight is 130 g/mol. The van der Waals surface area contributed by atoms with Crippen LogP contribution >= 0.6 is 12.2 Å². The van der Waals surface area contributed by atoms with Gasteiger partial charge in [0, 0.05) is 6.42 Å². The molecular weight excluding hydrogens is 120 g/mol. The Bertz CT molecular complexity index is 93.1. The third-order valence-corrected chi connectivity index (χ3v) is 1.03. The molecule has 0 fully saturated rings. The monoisotopic (exact) mass is 130 g/mol. The fraction of sp³-hybridized carbons (Fsp3) is 0.667. The fourth-order valence-electron chi connectivity index (χ4n) is 0.352. The molecule has 0 aliphatic heterocycles. The Hall–Kier alpha value is -0.240. The summed E-state index contributed by atoms with van der Waals surface area (Å²) in [6.07, 6.45) is 1.38. The number of ketones is 1. The van der Waals surface area contributed by atoms with E-state index in [1.165, 1.54) is 0 Å². The summed E-state index contributed by atoms with van der Waals surface area (Å²) in [6, 6.07) is 0. The van der Waals surface area contributed by atoms with Crippen LogP contribution in [0.5, 0.6) is 0 Å². The molecule has 0 aromatic carbocycles. The van der Waals surface area contributed by atoms with E-state index in [0.29, 0.717) is 6.42 Å². The third-order valence-electron chi connectivity index (χ3n) is 0.829. The standard InChI is InChI=1S/C6H10OS/c1-5(7)3-4-6(2)8/h3-4H2,1-2H3. The highest BCUT2D eigenvalue weighted by Crippen LogP contribution is 1.92. The molecule has 0 bridgehead atoms. The van der Waals surface area contributed by atoms with Crippen molar-refractivity contribution in [3.05, 3.63) is 0 Å². The Morgan fingerprint density at radius 2 is 1.88 bits per heavy atom. The number of Topliss-reactive ketones (excluding diaryl/α,β-unsaturated/α-hetero) is 1. The molecule has 0 heterocycles. The Morgan fingerprint density at radius 1 is 1.38 bits per heavy atom. The maximum absolute atomic E-state index is 10.3. The van der Waals surface area contributed by atoms with E-state index in [9.17, 15) is 4.79 Å². The zero-order valence-corrected chi connectivity index (χ0v) is 6.05. The number of rotatable bonds is 3. The highest BCUT2D eigenvalue weighted by Gasteiger charge is 1.92. The van der Waals surface area contributed by atoms with E-state index in [1.807, 2.05) is 6.92 Å². The average Bonchev–Trinajstić information content (AvgIpc) is 1.61. The maximum Gasteiger partial charge on any atom is 0.130 e. The second-order valence-electron chi connectivity index (χ2n) is 1.90. The van der Waals surface area contributed by atoms with Crippen molar-refractivity contribution in [2.45, 2.75) is 26.7 Å². The van der Waals surface area contributed by atoms with Gasteiger partial charge < -0.3 is 4.79 Å². The second-order valence-corrected chi connectivity index (χ2v) is 2.60. The van der Waals surface area contributed by atoms with Gasteiger partial charge in [0.25, 0.3) is 0 Å². The summed E-state index contributed by atoms with van der Waals surface area (Å²) in [7, 11) is 0. The Labute approximate surface area is 55.1 Å². The normalized spacial score (nSPS) is 8.75. The molecule has 0 aliphatic carbocycles. The van der Waals surface area contributed by atoms with E-state index in [-0.39, 0.29) is 5.78 Å². The summed E-state index contributed by atoms with van der Waals surface area (Å²) < 4.78 is 0. The van der Waals surface area contributed by atoms with Crippen molar-refractivity contribution in [2.24, 2.45) is 0 Å². The van der Waals surface area contributed by atoms with E-state index >= 15 is 0 Å². The van der Waals surface area contributed by atoms with Gasteiger partial charge in [-0.3, -0.25) is 0 Å². The van der Waals surface area contributed by atoms with Crippen LogP contribution in [0.25, 0.3) is 0 Å². The molecule has 0 aliphatic rings. The molecule has 0 aromatic rings. The van der Waals surface area contributed by atoms with Crippen LogP contribution < -0.4 is 0 Å². The molecule has 0 atom stereocenters. The minimum atomic E-state index is 0.217. The lowest BCUT2D eigenvalue weighted by molar-refractivity contribution is -0.116. The highest BCUT2D eigenvalue weighted by atomic mass is 32.1. The minimum Gasteiger partial charge on any atom is -0.300 e. The molecule has 8 heavy (non-hydrogen) atoms. The summed E-state index contributed by atoms with van der Waals surface area (Å²) in [5, 5.41) is 0. The first-order valence-electron chi connectivity index (χ1n) is 2.62. The second kappa shape index (κ2) is 3.72. The van der Waals surface area contributed by atoms with E-state index < -0.39 is 0 Å². The van der Waals surface area contributed by atoms with Gasteiger partial charge in [-0.15, -0.1) is 0 Å². The molecule has 0 unspecified atom stereocenters. The van der Waals surface area contributed by atoms with Crippen molar-refractivity contribution in [1.29, 1.82) is 0 Å². The first-order valence-corrected chi connectivity index (χ1v) is 3.02. The summed E-state index contributed by atoms with van der Waals surface area (Å²) in [6.45, 7) is 3.44. The van der Waals surface area contributed by atoms with Gasteiger partial charge in [-0.1, -0.05) is 12.2 Å². The Morgan fingerprint density at radius 3 is 2.00 bits per heavy atom. The van der Waals surface area contributed by atoms with Gasteiger partial charge in [0.15, 0.2) is 0 Å². The van der Waals surface area contributed by atoms with Gasteiger partial charge in [0.05, 0.1) is 0 Å². The van der Waals surface area contributed by atoms with Crippen molar-refractivity contribution in [3.63, 3.8) is 0 Å². The molecular formula is C6H10OS. The number of carbonyl (C=O) groups is 1. The van der Waals surface area contributed by atoms with Crippen molar-refractivity contribution >= 4 is 22.9 Å². The minimum absolute atomic E-state index is 0.217. The molecule has 0 radical (unpaired) electrons. The fourth-order valence-corrected chi connectivity index (χ4v) is 0.454. The van der Waals surface area contributed by atoms with E-state index in [2.05, 4.69) is 0 Å². The van der Waals surface area contributed by atoms with Crippen molar-refractivity contribution in [1.82, 2.24) is 0 Å². The largest absolute Gasteiger partial charge is 0.300 e. The van der Waals surface area contributed by atoms with Gasteiger partial charge in [0.2, 0.25) is 0 Å². The zero-order chi connectivity index (χ0) is 6.57. The molecule has 0 rings (SSSR count). The molecule has 0 spiro atoms. The van der Waals surface area contributed by atoms with Gasteiger partial charge in [-0.25, -0.2) is 0 Å². The first kappa shape index (κ1) is 7.76. The van der Waals surface area contributed by atoms with Crippen LogP contribution in [-0.2, 0) is 4.79 Å². The summed E-state index contributed by atoms with van der Waals surface area (Å²) >= 11 is 4.76. The molecule has 0 saturated carbocycles.